The quantitative estimate of drug-likeness (QED) is 0.605. The Hall–Kier alpha value is -2.37. The van der Waals surface area contributed by atoms with E-state index in [1.165, 1.54) is 24.3 Å². The van der Waals surface area contributed by atoms with Crippen LogP contribution in [0.1, 0.15) is 28.9 Å². The second-order valence-electron chi connectivity index (χ2n) is 4.11. The number of hydrogen-bond acceptors (Lipinski definition) is 5. The van der Waals surface area contributed by atoms with Crippen molar-refractivity contribution in [2.75, 3.05) is 7.05 Å². The molecule has 0 saturated carbocycles. The van der Waals surface area contributed by atoms with Gasteiger partial charge in [0, 0.05) is 13.1 Å². The molecule has 2 rings (SSSR count). The Morgan fingerprint density at radius 3 is 2.79 bits per heavy atom. The highest BCUT2D eigenvalue weighted by Gasteiger charge is 2.23. The first-order valence-electron chi connectivity index (χ1n) is 5.89. The van der Waals surface area contributed by atoms with Gasteiger partial charge in [-0.15, -0.1) is 0 Å². The summed E-state index contributed by atoms with van der Waals surface area (Å²) in [6, 6.07) is 4.78. The Morgan fingerprint density at radius 2 is 2.21 bits per heavy atom. The molecule has 0 bridgehead atoms. The van der Waals surface area contributed by atoms with Crippen molar-refractivity contribution in [3.05, 3.63) is 41.7 Å². The lowest BCUT2D eigenvalue weighted by Crippen LogP contribution is -2.32. The van der Waals surface area contributed by atoms with E-state index in [4.69, 9.17) is 8.94 Å². The first kappa shape index (κ1) is 13.1. The number of Topliss-reactive ketones (excluding diaryl/α,β-unsaturated/α-hetero) is 1. The number of furan rings is 1. The van der Waals surface area contributed by atoms with E-state index < -0.39 is 11.7 Å². The molecule has 0 atom stereocenters. The Kier molecular flexibility index (Phi) is 3.79. The number of ketones is 1. The number of aryl methyl sites for hydroxylation is 1. The van der Waals surface area contributed by atoms with Crippen LogP contribution in [0.15, 0.2) is 33.4 Å². The third kappa shape index (κ3) is 2.90. The van der Waals surface area contributed by atoms with Crippen LogP contribution in [0.25, 0.3) is 0 Å². The number of nitrogens with zero attached hydrogens (tertiary/aromatic N) is 2. The summed E-state index contributed by atoms with van der Waals surface area (Å²) in [5, 5.41) is 3.83. The van der Waals surface area contributed by atoms with Gasteiger partial charge in [-0.2, -0.15) is 0 Å². The number of carbonyl (C=O) groups excluding carboxylic acids is 2. The molecule has 19 heavy (non-hydrogen) atoms. The summed E-state index contributed by atoms with van der Waals surface area (Å²) < 4.78 is 9.97. The van der Waals surface area contributed by atoms with Gasteiger partial charge in [0.1, 0.15) is 0 Å². The summed E-state index contributed by atoms with van der Waals surface area (Å²) in [4.78, 5) is 24.9. The average Bonchev–Trinajstić information content (AvgIpc) is 3.07. The van der Waals surface area contributed by atoms with Crippen molar-refractivity contribution in [2.24, 2.45) is 0 Å². The molecule has 6 heteroatoms. The second kappa shape index (κ2) is 5.51. The zero-order chi connectivity index (χ0) is 13.8. The van der Waals surface area contributed by atoms with Crippen LogP contribution in [0.5, 0.6) is 0 Å². The third-order valence-corrected chi connectivity index (χ3v) is 2.65. The van der Waals surface area contributed by atoms with Crippen LogP contribution in [0, 0.1) is 0 Å². The number of hydrogen-bond donors (Lipinski definition) is 0. The largest absolute Gasteiger partial charge is 0.461 e. The number of aromatic nitrogens is 1. The molecule has 0 saturated heterocycles. The molecule has 1 amide bonds. The minimum Gasteiger partial charge on any atom is -0.461 e. The molecule has 0 unspecified atom stereocenters. The summed E-state index contributed by atoms with van der Waals surface area (Å²) in [5.41, 5.74) is 0.813. The van der Waals surface area contributed by atoms with Crippen LogP contribution in [0.4, 0.5) is 0 Å². The van der Waals surface area contributed by atoms with Gasteiger partial charge in [-0.05, 0) is 18.6 Å². The molecule has 2 aromatic rings. The molecule has 0 radical (unpaired) electrons. The van der Waals surface area contributed by atoms with Crippen molar-refractivity contribution < 1.29 is 18.5 Å². The number of carbonyl (C=O) groups is 2. The fourth-order valence-electron chi connectivity index (χ4n) is 1.59. The van der Waals surface area contributed by atoms with Gasteiger partial charge < -0.3 is 13.8 Å². The summed E-state index contributed by atoms with van der Waals surface area (Å²) in [6.45, 7) is 2.15. The topological polar surface area (TPSA) is 76.6 Å². The Morgan fingerprint density at radius 1 is 1.42 bits per heavy atom. The van der Waals surface area contributed by atoms with Crippen LogP contribution < -0.4 is 0 Å². The van der Waals surface area contributed by atoms with Gasteiger partial charge in [0.2, 0.25) is 0 Å². The van der Waals surface area contributed by atoms with E-state index in [2.05, 4.69) is 5.16 Å². The lowest BCUT2D eigenvalue weighted by Gasteiger charge is -2.13. The molecule has 0 spiro atoms. The second-order valence-corrected chi connectivity index (χ2v) is 4.11. The lowest BCUT2D eigenvalue weighted by molar-refractivity contribution is -0.126. The molecule has 0 aliphatic rings. The first-order chi connectivity index (χ1) is 9.11. The molecule has 2 aromatic heterocycles. The van der Waals surface area contributed by atoms with E-state index in [0.717, 1.165) is 12.1 Å². The molecule has 100 valence electrons. The SMILES string of the molecule is CCc1cc(CN(C)C(=O)C(=O)c2ccco2)on1. The molecule has 6 nitrogen and oxygen atoms in total. The highest BCUT2D eigenvalue weighted by molar-refractivity contribution is 6.41. The van der Waals surface area contributed by atoms with Gasteiger partial charge in [0.15, 0.2) is 11.5 Å². The van der Waals surface area contributed by atoms with Crippen LogP contribution in [0.2, 0.25) is 0 Å². The van der Waals surface area contributed by atoms with Crippen molar-refractivity contribution in [3.63, 3.8) is 0 Å². The van der Waals surface area contributed by atoms with Crippen molar-refractivity contribution >= 4 is 11.7 Å². The van der Waals surface area contributed by atoms with Crippen molar-refractivity contribution in [1.29, 1.82) is 0 Å². The van der Waals surface area contributed by atoms with Crippen molar-refractivity contribution in [2.45, 2.75) is 19.9 Å². The van der Waals surface area contributed by atoms with E-state index in [0.29, 0.717) is 5.76 Å². The Balaban J connectivity index is 2.01. The maximum atomic E-state index is 11.9. The molecule has 2 heterocycles. The predicted octanol–water partition coefficient (Wildman–Crippen LogP) is 1.67. The number of rotatable bonds is 5. The maximum Gasteiger partial charge on any atom is 0.298 e. The van der Waals surface area contributed by atoms with Crippen LogP contribution >= 0.6 is 0 Å². The monoisotopic (exact) mass is 262 g/mol. The van der Waals surface area contributed by atoms with E-state index in [-0.39, 0.29) is 12.3 Å². The highest BCUT2D eigenvalue weighted by Crippen LogP contribution is 2.09. The third-order valence-electron chi connectivity index (χ3n) is 2.65. The summed E-state index contributed by atoms with van der Waals surface area (Å²) in [5.74, 6) is -0.754. The number of likely N-dealkylation sites (N-methyl/N-ethyl adjacent to an activating group) is 1. The average molecular weight is 262 g/mol. The fraction of sp³-hybridized carbons (Fsp3) is 0.308. The smallest absolute Gasteiger partial charge is 0.298 e. The predicted molar refractivity (Wildman–Crippen MR) is 65.4 cm³/mol. The lowest BCUT2D eigenvalue weighted by atomic mass is 10.2. The van der Waals surface area contributed by atoms with Crippen molar-refractivity contribution in [3.8, 4) is 0 Å². The minimum absolute atomic E-state index is 0.0312. The van der Waals surface area contributed by atoms with Gasteiger partial charge in [-0.25, -0.2) is 0 Å². The minimum atomic E-state index is -0.678. The van der Waals surface area contributed by atoms with E-state index >= 15 is 0 Å². The summed E-state index contributed by atoms with van der Waals surface area (Å²) in [6.07, 6.45) is 2.11. The molecule has 0 fully saturated rings. The summed E-state index contributed by atoms with van der Waals surface area (Å²) >= 11 is 0. The van der Waals surface area contributed by atoms with Crippen LogP contribution in [0.3, 0.4) is 0 Å². The molecular weight excluding hydrogens is 248 g/mol. The summed E-state index contributed by atoms with van der Waals surface area (Å²) in [7, 11) is 1.53. The van der Waals surface area contributed by atoms with Gasteiger partial charge in [-0.3, -0.25) is 9.59 Å². The zero-order valence-electron chi connectivity index (χ0n) is 10.8. The van der Waals surface area contributed by atoms with Crippen LogP contribution in [-0.4, -0.2) is 28.8 Å². The normalized spacial score (nSPS) is 10.4. The Bertz CT molecular complexity index is 571. The van der Waals surface area contributed by atoms with Gasteiger partial charge in [0.25, 0.3) is 11.7 Å². The van der Waals surface area contributed by atoms with E-state index in [1.807, 2.05) is 6.92 Å². The van der Waals surface area contributed by atoms with Gasteiger partial charge in [0.05, 0.1) is 18.5 Å². The standard InChI is InChI=1S/C13H14N2O4/c1-3-9-7-10(19-14-9)8-15(2)13(17)12(16)11-5-4-6-18-11/h4-7H,3,8H2,1-2H3. The molecular formula is C13H14N2O4. The number of amides is 1. The fourth-order valence-corrected chi connectivity index (χ4v) is 1.59. The van der Waals surface area contributed by atoms with Crippen LogP contribution in [-0.2, 0) is 17.8 Å². The molecule has 0 N–H and O–H groups in total. The van der Waals surface area contributed by atoms with Gasteiger partial charge >= 0.3 is 0 Å². The van der Waals surface area contributed by atoms with E-state index in [1.54, 1.807) is 12.1 Å². The first-order valence-corrected chi connectivity index (χ1v) is 5.89. The maximum absolute atomic E-state index is 11.9. The molecule has 0 aromatic carbocycles. The molecule has 0 aliphatic carbocycles. The Labute approximate surface area is 110 Å². The highest BCUT2D eigenvalue weighted by atomic mass is 16.5. The zero-order valence-corrected chi connectivity index (χ0v) is 10.8. The van der Waals surface area contributed by atoms with Crippen molar-refractivity contribution in [1.82, 2.24) is 10.1 Å². The van der Waals surface area contributed by atoms with E-state index in [9.17, 15) is 9.59 Å². The molecule has 0 aliphatic heterocycles. The van der Waals surface area contributed by atoms with Gasteiger partial charge in [-0.1, -0.05) is 12.1 Å².